The average molecular weight is 371 g/mol. The SMILES string of the molecule is Cc1cccc(C(=O)Nc2ccc(Nc3cccc(C(F)(F)F)c3)cn2)c1. The third-order valence-electron chi connectivity index (χ3n) is 3.76. The maximum atomic E-state index is 12.8. The summed E-state index contributed by atoms with van der Waals surface area (Å²) in [5.41, 5.74) is 1.55. The van der Waals surface area contributed by atoms with Gasteiger partial charge in [0.05, 0.1) is 17.4 Å². The van der Waals surface area contributed by atoms with Gasteiger partial charge in [0.15, 0.2) is 0 Å². The van der Waals surface area contributed by atoms with E-state index in [0.717, 1.165) is 17.7 Å². The van der Waals surface area contributed by atoms with Crippen LogP contribution in [-0.4, -0.2) is 10.9 Å². The van der Waals surface area contributed by atoms with Gasteiger partial charge in [0, 0.05) is 11.3 Å². The van der Waals surface area contributed by atoms with E-state index >= 15 is 0 Å². The zero-order chi connectivity index (χ0) is 19.4. The first kappa shape index (κ1) is 18.4. The van der Waals surface area contributed by atoms with Crippen molar-refractivity contribution < 1.29 is 18.0 Å². The predicted octanol–water partition coefficient (Wildman–Crippen LogP) is 5.40. The summed E-state index contributed by atoms with van der Waals surface area (Å²) in [7, 11) is 0. The van der Waals surface area contributed by atoms with E-state index in [1.807, 2.05) is 13.0 Å². The molecule has 0 aliphatic heterocycles. The van der Waals surface area contributed by atoms with Crippen LogP contribution in [0.2, 0.25) is 0 Å². The molecule has 0 atom stereocenters. The molecule has 2 aromatic carbocycles. The van der Waals surface area contributed by atoms with Crippen LogP contribution in [0.1, 0.15) is 21.5 Å². The molecule has 0 fully saturated rings. The maximum absolute atomic E-state index is 12.8. The summed E-state index contributed by atoms with van der Waals surface area (Å²) in [6.07, 6.45) is -2.97. The highest BCUT2D eigenvalue weighted by Crippen LogP contribution is 2.31. The van der Waals surface area contributed by atoms with Crippen molar-refractivity contribution in [3.8, 4) is 0 Å². The molecular formula is C20H16F3N3O. The second-order valence-electron chi connectivity index (χ2n) is 5.96. The van der Waals surface area contributed by atoms with E-state index in [1.54, 1.807) is 30.3 Å². The Hall–Kier alpha value is -3.35. The second kappa shape index (κ2) is 7.49. The number of rotatable bonds is 4. The Morgan fingerprint density at radius 2 is 1.74 bits per heavy atom. The van der Waals surface area contributed by atoms with Crippen LogP contribution in [0.3, 0.4) is 0 Å². The molecule has 0 saturated carbocycles. The number of amides is 1. The number of alkyl halides is 3. The van der Waals surface area contributed by atoms with E-state index in [9.17, 15) is 18.0 Å². The van der Waals surface area contributed by atoms with Crippen LogP contribution >= 0.6 is 0 Å². The van der Waals surface area contributed by atoms with Crippen molar-refractivity contribution in [3.05, 3.63) is 83.6 Å². The summed E-state index contributed by atoms with van der Waals surface area (Å²) >= 11 is 0. The van der Waals surface area contributed by atoms with Crippen molar-refractivity contribution in [2.24, 2.45) is 0 Å². The first-order chi connectivity index (χ1) is 12.8. The summed E-state index contributed by atoms with van der Waals surface area (Å²) in [5, 5.41) is 5.54. The van der Waals surface area contributed by atoms with Crippen LogP contribution in [0.25, 0.3) is 0 Å². The monoisotopic (exact) mass is 371 g/mol. The normalized spacial score (nSPS) is 11.1. The summed E-state index contributed by atoms with van der Waals surface area (Å²) in [5.74, 6) is 0.0564. The Morgan fingerprint density at radius 1 is 0.963 bits per heavy atom. The number of hydrogen-bond acceptors (Lipinski definition) is 3. The third-order valence-corrected chi connectivity index (χ3v) is 3.76. The molecule has 0 aliphatic carbocycles. The number of nitrogens with one attached hydrogen (secondary N) is 2. The lowest BCUT2D eigenvalue weighted by Crippen LogP contribution is -2.13. The topological polar surface area (TPSA) is 54.0 Å². The van der Waals surface area contributed by atoms with Gasteiger partial charge in [-0.3, -0.25) is 4.79 Å². The average Bonchev–Trinajstić information content (AvgIpc) is 2.63. The van der Waals surface area contributed by atoms with Crippen molar-refractivity contribution in [2.45, 2.75) is 13.1 Å². The van der Waals surface area contributed by atoms with E-state index in [-0.39, 0.29) is 5.91 Å². The molecule has 1 amide bonds. The van der Waals surface area contributed by atoms with Crippen molar-refractivity contribution in [1.82, 2.24) is 4.98 Å². The van der Waals surface area contributed by atoms with Gasteiger partial charge in [-0.05, 0) is 49.4 Å². The van der Waals surface area contributed by atoms with Crippen molar-refractivity contribution >= 4 is 23.1 Å². The lowest BCUT2D eigenvalue weighted by molar-refractivity contribution is -0.137. The van der Waals surface area contributed by atoms with Crippen LogP contribution in [0.5, 0.6) is 0 Å². The molecule has 3 aromatic rings. The summed E-state index contributed by atoms with van der Waals surface area (Å²) in [6, 6.07) is 15.2. The fourth-order valence-corrected chi connectivity index (χ4v) is 2.46. The van der Waals surface area contributed by atoms with Crippen LogP contribution in [-0.2, 0) is 6.18 Å². The van der Waals surface area contributed by atoms with Gasteiger partial charge in [-0.2, -0.15) is 13.2 Å². The molecule has 1 aromatic heterocycles. The third kappa shape index (κ3) is 4.84. The van der Waals surface area contributed by atoms with E-state index in [4.69, 9.17) is 0 Å². The molecule has 2 N–H and O–H groups in total. The van der Waals surface area contributed by atoms with Gasteiger partial charge in [-0.15, -0.1) is 0 Å². The smallest absolute Gasteiger partial charge is 0.354 e. The van der Waals surface area contributed by atoms with Gasteiger partial charge in [0.25, 0.3) is 5.91 Å². The van der Waals surface area contributed by atoms with Crippen LogP contribution < -0.4 is 10.6 Å². The molecule has 4 nitrogen and oxygen atoms in total. The van der Waals surface area contributed by atoms with E-state index in [2.05, 4.69) is 15.6 Å². The minimum absolute atomic E-state index is 0.287. The lowest BCUT2D eigenvalue weighted by Gasteiger charge is -2.11. The molecule has 0 spiro atoms. The molecule has 7 heteroatoms. The Balaban J connectivity index is 1.68. The largest absolute Gasteiger partial charge is 0.416 e. The Kier molecular flexibility index (Phi) is 5.12. The number of carbonyl (C=O) groups is 1. The number of aryl methyl sites for hydroxylation is 1. The minimum Gasteiger partial charge on any atom is -0.354 e. The molecule has 0 aliphatic rings. The maximum Gasteiger partial charge on any atom is 0.416 e. The van der Waals surface area contributed by atoms with Crippen LogP contribution in [0.4, 0.5) is 30.4 Å². The number of pyridine rings is 1. The first-order valence-electron chi connectivity index (χ1n) is 8.09. The lowest BCUT2D eigenvalue weighted by atomic mass is 10.1. The van der Waals surface area contributed by atoms with Gasteiger partial charge in [0.2, 0.25) is 0 Å². The summed E-state index contributed by atoms with van der Waals surface area (Å²) < 4.78 is 38.3. The Bertz CT molecular complexity index is 953. The fourth-order valence-electron chi connectivity index (χ4n) is 2.46. The molecule has 138 valence electrons. The van der Waals surface area contributed by atoms with E-state index in [1.165, 1.54) is 18.3 Å². The molecule has 0 unspecified atom stereocenters. The molecule has 27 heavy (non-hydrogen) atoms. The highest BCUT2D eigenvalue weighted by Gasteiger charge is 2.30. The van der Waals surface area contributed by atoms with E-state index < -0.39 is 11.7 Å². The number of benzene rings is 2. The van der Waals surface area contributed by atoms with Crippen molar-refractivity contribution in [2.75, 3.05) is 10.6 Å². The number of anilines is 3. The van der Waals surface area contributed by atoms with Gasteiger partial charge in [-0.1, -0.05) is 23.8 Å². The fraction of sp³-hybridized carbons (Fsp3) is 0.100. The quantitative estimate of drug-likeness (QED) is 0.645. The molecule has 0 bridgehead atoms. The number of nitrogens with zero attached hydrogens (tertiary/aromatic N) is 1. The molecular weight excluding hydrogens is 355 g/mol. The Morgan fingerprint density at radius 3 is 2.41 bits per heavy atom. The summed E-state index contributed by atoms with van der Waals surface area (Å²) in [4.78, 5) is 16.3. The van der Waals surface area contributed by atoms with Gasteiger partial charge in [0.1, 0.15) is 5.82 Å². The highest BCUT2D eigenvalue weighted by atomic mass is 19.4. The number of halogens is 3. The standard InChI is InChI=1S/C20H16F3N3O/c1-13-4-2-5-14(10-13)19(27)26-18-9-8-17(12-24-18)25-16-7-3-6-15(11-16)20(21,22)23/h2-12,25H,1H3,(H,24,26,27). The van der Waals surface area contributed by atoms with Gasteiger partial charge >= 0.3 is 6.18 Å². The Labute approximate surface area is 154 Å². The zero-order valence-electron chi connectivity index (χ0n) is 14.3. The van der Waals surface area contributed by atoms with Crippen molar-refractivity contribution in [1.29, 1.82) is 0 Å². The van der Waals surface area contributed by atoms with Crippen LogP contribution in [0, 0.1) is 6.92 Å². The predicted molar refractivity (Wildman–Crippen MR) is 98.1 cm³/mol. The molecule has 0 saturated heterocycles. The number of hydrogen-bond donors (Lipinski definition) is 2. The second-order valence-corrected chi connectivity index (χ2v) is 5.96. The van der Waals surface area contributed by atoms with Gasteiger partial charge < -0.3 is 10.6 Å². The van der Waals surface area contributed by atoms with Crippen molar-refractivity contribution in [3.63, 3.8) is 0 Å². The number of carbonyl (C=O) groups excluding carboxylic acids is 1. The zero-order valence-corrected chi connectivity index (χ0v) is 14.3. The minimum atomic E-state index is -4.40. The number of aromatic nitrogens is 1. The first-order valence-corrected chi connectivity index (χ1v) is 8.09. The van der Waals surface area contributed by atoms with E-state index in [0.29, 0.717) is 22.8 Å². The molecule has 3 rings (SSSR count). The molecule has 0 radical (unpaired) electrons. The molecule has 1 heterocycles. The summed E-state index contributed by atoms with van der Waals surface area (Å²) in [6.45, 7) is 1.89. The highest BCUT2D eigenvalue weighted by molar-refractivity contribution is 6.03. The van der Waals surface area contributed by atoms with Gasteiger partial charge in [-0.25, -0.2) is 4.98 Å². The van der Waals surface area contributed by atoms with Crippen LogP contribution in [0.15, 0.2) is 66.9 Å².